The van der Waals surface area contributed by atoms with Gasteiger partial charge in [-0.1, -0.05) is 0 Å². The second-order valence-electron chi connectivity index (χ2n) is 5.09. The van der Waals surface area contributed by atoms with Gasteiger partial charge in [-0.3, -0.25) is 14.9 Å². The summed E-state index contributed by atoms with van der Waals surface area (Å²) in [6.45, 7) is 7.20. The van der Waals surface area contributed by atoms with Crippen molar-refractivity contribution in [2.45, 2.75) is 43.8 Å². The first kappa shape index (κ1) is 16.2. The number of carbonyl (C=O) groups excluding carboxylic acids is 1. The number of nitrogens with zero attached hydrogens (tertiary/aromatic N) is 4. The van der Waals surface area contributed by atoms with Gasteiger partial charge in [-0.05, 0) is 51.6 Å². The lowest BCUT2D eigenvalue weighted by atomic mass is 10.1. The fourth-order valence-corrected chi connectivity index (χ4v) is 3.17. The number of hydrogen-bond acceptors (Lipinski definition) is 6. The van der Waals surface area contributed by atoms with E-state index in [0.29, 0.717) is 15.6 Å². The van der Waals surface area contributed by atoms with Crippen molar-refractivity contribution < 1.29 is 9.72 Å². The minimum atomic E-state index is -0.488. The number of hydrogen-bond donors (Lipinski definition) is 0. The third-order valence-corrected chi connectivity index (χ3v) is 4.14. The van der Waals surface area contributed by atoms with Gasteiger partial charge in [-0.25, -0.2) is 0 Å². The molecule has 0 atom stereocenters. The summed E-state index contributed by atoms with van der Waals surface area (Å²) < 4.78 is 1.91. The standard InChI is InChI=1S/C14H16N4O3S/c1-8(2)17-10(4)15-16-14(17)22-13-6-5-11(9(3)19)7-12(13)18(20)21/h5-8H,1-4H3. The largest absolute Gasteiger partial charge is 0.303 e. The SMILES string of the molecule is CC(=O)c1ccc(Sc2nnc(C)n2C(C)C)c([N+](=O)[O-])c1. The maximum absolute atomic E-state index is 11.4. The van der Waals surface area contributed by atoms with Crippen molar-refractivity contribution in [2.75, 3.05) is 0 Å². The number of aryl methyl sites for hydroxylation is 1. The van der Waals surface area contributed by atoms with Crippen LogP contribution in [0.1, 0.15) is 43.0 Å². The van der Waals surface area contributed by atoms with E-state index in [0.717, 1.165) is 5.82 Å². The van der Waals surface area contributed by atoms with E-state index in [9.17, 15) is 14.9 Å². The van der Waals surface area contributed by atoms with Crippen molar-refractivity contribution in [1.29, 1.82) is 0 Å². The normalized spacial score (nSPS) is 11.0. The van der Waals surface area contributed by atoms with Crippen LogP contribution in [-0.2, 0) is 0 Å². The second-order valence-corrected chi connectivity index (χ2v) is 6.10. The van der Waals surface area contributed by atoms with Gasteiger partial charge in [0.1, 0.15) is 5.82 Å². The quantitative estimate of drug-likeness (QED) is 0.476. The van der Waals surface area contributed by atoms with E-state index < -0.39 is 4.92 Å². The van der Waals surface area contributed by atoms with E-state index in [2.05, 4.69) is 10.2 Å². The van der Waals surface area contributed by atoms with Crippen LogP contribution >= 0.6 is 11.8 Å². The number of nitro groups is 1. The summed E-state index contributed by atoms with van der Waals surface area (Å²) in [6.07, 6.45) is 0. The molecule has 1 aromatic heterocycles. The second kappa shape index (κ2) is 6.27. The molecule has 0 aliphatic rings. The van der Waals surface area contributed by atoms with Gasteiger partial charge in [0.25, 0.3) is 5.69 Å². The van der Waals surface area contributed by atoms with Gasteiger partial charge in [0.2, 0.25) is 0 Å². The highest BCUT2D eigenvalue weighted by atomic mass is 32.2. The highest BCUT2D eigenvalue weighted by Crippen LogP contribution is 2.35. The molecule has 116 valence electrons. The molecule has 0 aliphatic heterocycles. The lowest BCUT2D eigenvalue weighted by molar-refractivity contribution is -0.387. The molecular formula is C14H16N4O3S. The third kappa shape index (κ3) is 3.16. The minimum Gasteiger partial charge on any atom is -0.303 e. The van der Waals surface area contributed by atoms with Gasteiger partial charge in [0.05, 0.1) is 9.82 Å². The minimum absolute atomic E-state index is 0.103. The van der Waals surface area contributed by atoms with Gasteiger partial charge in [0, 0.05) is 17.7 Å². The van der Waals surface area contributed by atoms with Gasteiger partial charge >= 0.3 is 0 Å². The van der Waals surface area contributed by atoms with Gasteiger partial charge < -0.3 is 4.57 Å². The summed E-state index contributed by atoms with van der Waals surface area (Å²) >= 11 is 1.18. The third-order valence-electron chi connectivity index (χ3n) is 3.11. The van der Waals surface area contributed by atoms with Gasteiger partial charge in [-0.15, -0.1) is 10.2 Å². The van der Waals surface area contributed by atoms with Crippen LogP contribution in [0.3, 0.4) is 0 Å². The first-order valence-electron chi connectivity index (χ1n) is 6.70. The Morgan fingerprint density at radius 1 is 1.36 bits per heavy atom. The lowest BCUT2D eigenvalue weighted by Crippen LogP contribution is -2.05. The number of nitro benzene ring substituents is 1. The predicted molar refractivity (Wildman–Crippen MR) is 82.4 cm³/mol. The molecule has 2 rings (SSSR count). The molecule has 2 aromatic rings. The van der Waals surface area contributed by atoms with Crippen molar-refractivity contribution in [2.24, 2.45) is 0 Å². The molecule has 0 unspecified atom stereocenters. The Morgan fingerprint density at radius 2 is 2.05 bits per heavy atom. The molecule has 22 heavy (non-hydrogen) atoms. The first-order chi connectivity index (χ1) is 10.3. The number of rotatable bonds is 5. The molecular weight excluding hydrogens is 304 g/mol. The molecule has 0 N–H and O–H groups in total. The van der Waals surface area contributed by atoms with Crippen molar-refractivity contribution in [3.05, 3.63) is 39.7 Å². The molecule has 0 saturated carbocycles. The van der Waals surface area contributed by atoms with E-state index in [1.807, 2.05) is 25.3 Å². The molecule has 7 nitrogen and oxygen atoms in total. The van der Waals surface area contributed by atoms with Gasteiger partial charge in [-0.2, -0.15) is 0 Å². The van der Waals surface area contributed by atoms with Crippen molar-refractivity contribution in [3.8, 4) is 0 Å². The molecule has 0 fully saturated rings. The summed E-state index contributed by atoms with van der Waals surface area (Å²) in [7, 11) is 0. The highest BCUT2D eigenvalue weighted by Gasteiger charge is 2.21. The maximum Gasteiger partial charge on any atom is 0.284 e. The molecule has 0 bridgehead atoms. The molecule has 1 aromatic carbocycles. The lowest BCUT2D eigenvalue weighted by Gasteiger charge is -2.11. The average Bonchev–Trinajstić information content (AvgIpc) is 2.79. The molecule has 8 heteroatoms. The number of aromatic nitrogens is 3. The van der Waals surface area contributed by atoms with E-state index in [1.54, 1.807) is 12.1 Å². The maximum atomic E-state index is 11.4. The van der Waals surface area contributed by atoms with E-state index >= 15 is 0 Å². The zero-order valence-electron chi connectivity index (χ0n) is 12.7. The fraction of sp³-hybridized carbons (Fsp3) is 0.357. The Bertz CT molecular complexity index is 740. The summed E-state index contributed by atoms with van der Waals surface area (Å²) in [5.74, 6) is 0.543. The van der Waals surface area contributed by atoms with Crippen molar-refractivity contribution in [1.82, 2.24) is 14.8 Å². The van der Waals surface area contributed by atoms with Crippen LogP contribution in [0.2, 0.25) is 0 Å². The average molecular weight is 320 g/mol. The summed E-state index contributed by atoms with van der Waals surface area (Å²) in [6, 6.07) is 4.61. The summed E-state index contributed by atoms with van der Waals surface area (Å²) in [5, 5.41) is 19.9. The molecule has 0 spiro atoms. The van der Waals surface area contributed by atoms with Crippen LogP contribution in [-0.4, -0.2) is 25.5 Å². The van der Waals surface area contributed by atoms with Crippen molar-refractivity contribution >= 4 is 23.2 Å². The molecule has 0 saturated heterocycles. The number of carbonyl (C=O) groups is 1. The van der Waals surface area contributed by atoms with Crippen LogP contribution in [0.5, 0.6) is 0 Å². The summed E-state index contributed by atoms with van der Waals surface area (Å²) in [4.78, 5) is 22.6. The number of benzene rings is 1. The summed E-state index contributed by atoms with van der Waals surface area (Å²) in [5.41, 5.74) is 0.214. The monoisotopic (exact) mass is 320 g/mol. The number of Topliss-reactive ketones (excluding diaryl/α,β-unsaturated/α-hetero) is 1. The van der Waals surface area contributed by atoms with E-state index in [1.165, 1.54) is 24.8 Å². The highest BCUT2D eigenvalue weighted by molar-refractivity contribution is 7.99. The van der Waals surface area contributed by atoms with Crippen LogP contribution < -0.4 is 0 Å². The topological polar surface area (TPSA) is 90.9 Å². The zero-order valence-corrected chi connectivity index (χ0v) is 13.5. The van der Waals surface area contributed by atoms with Crippen LogP contribution in [0, 0.1) is 17.0 Å². The zero-order chi connectivity index (χ0) is 16.4. The first-order valence-corrected chi connectivity index (χ1v) is 7.51. The Balaban J connectivity index is 2.46. The van der Waals surface area contributed by atoms with Crippen molar-refractivity contribution in [3.63, 3.8) is 0 Å². The Hall–Kier alpha value is -2.22. The molecule has 0 amide bonds. The Morgan fingerprint density at radius 3 is 2.59 bits per heavy atom. The van der Waals surface area contributed by atoms with E-state index in [4.69, 9.17) is 0 Å². The molecule has 0 aliphatic carbocycles. The molecule has 0 radical (unpaired) electrons. The Kier molecular flexibility index (Phi) is 4.60. The predicted octanol–water partition coefficient (Wildman–Crippen LogP) is 3.43. The molecule has 1 heterocycles. The van der Waals surface area contributed by atoms with Gasteiger partial charge in [0.15, 0.2) is 10.9 Å². The van der Waals surface area contributed by atoms with Crippen LogP contribution in [0.15, 0.2) is 28.3 Å². The Labute approximate surface area is 131 Å². The fourth-order valence-electron chi connectivity index (χ4n) is 2.08. The smallest absolute Gasteiger partial charge is 0.284 e. The van der Waals surface area contributed by atoms with Crippen LogP contribution in [0.25, 0.3) is 0 Å². The van der Waals surface area contributed by atoms with Crippen LogP contribution in [0.4, 0.5) is 5.69 Å². The number of ketones is 1. The van der Waals surface area contributed by atoms with E-state index in [-0.39, 0.29) is 17.5 Å².